The van der Waals surface area contributed by atoms with Gasteiger partial charge in [0, 0.05) is 6.04 Å². The summed E-state index contributed by atoms with van der Waals surface area (Å²) in [5, 5.41) is 6.36. The van der Waals surface area contributed by atoms with Crippen LogP contribution in [0.4, 0.5) is 0 Å². The lowest BCUT2D eigenvalue weighted by molar-refractivity contribution is 0.385. The average Bonchev–Trinajstić information content (AvgIpc) is 2.47. The average molecular weight is 283 g/mol. The Morgan fingerprint density at radius 1 is 1.00 bits per heavy atom. The maximum atomic E-state index is 3.67. The standard InChI is InChI=1S/C20H29N/c1-4-8-16(3)13-20(21-5-2)15-17-11-12-18-9-6-7-10-19(18)14-17/h6-7,9-12,14,16,20-21H,4-5,8,13,15H2,1-3H3. The second kappa shape index (κ2) is 8.19. The first kappa shape index (κ1) is 16.0. The van der Waals surface area contributed by atoms with E-state index in [9.17, 15) is 0 Å². The lowest BCUT2D eigenvalue weighted by atomic mass is 9.92. The number of benzene rings is 2. The predicted octanol–water partition coefficient (Wildman–Crippen LogP) is 5.19. The molecule has 0 aliphatic heterocycles. The van der Waals surface area contributed by atoms with Crippen LogP contribution in [-0.4, -0.2) is 12.6 Å². The van der Waals surface area contributed by atoms with Crippen molar-refractivity contribution in [2.24, 2.45) is 5.92 Å². The third kappa shape index (κ3) is 4.86. The minimum atomic E-state index is 0.595. The van der Waals surface area contributed by atoms with Gasteiger partial charge in [0.25, 0.3) is 0 Å². The van der Waals surface area contributed by atoms with Crippen LogP contribution in [0.1, 0.15) is 45.6 Å². The van der Waals surface area contributed by atoms with Gasteiger partial charge in [0.2, 0.25) is 0 Å². The van der Waals surface area contributed by atoms with Crippen LogP contribution in [-0.2, 0) is 6.42 Å². The SMILES string of the molecule is CCCC(C)CC(Cc1ccc2ccccc2c1)NCC. The molecule has 0 fully saturated rings. The zero-order valence-electron chi connectivity index (χ0n) is 13.7. The third-order valence-corrected chi connectivity index (χ3v) is 4.26. The molecule has 0 aromatic heterocycles. The highest BCUT2D eigenvalue weighted by Gasteiger charge is 2.12. The molecular formula is C20H29N. The molecule has 0 heterocycles. The van der Waals surface area contributed by atoms with E-state index in [1.807, 2.05) is 0 Å². The molecule has 2 aromatic rings. The second-order valence-electron chi connectivity index (χ2n) is 6.27. The highest BCUT2D eigenvalue weighted by Crippen LogP contribution is 2.19. The molecule has 0 aliphatic rings. The summed E-state index contributed by atoms with van der Waals surface area (Å²) in [7, 11) is 0. The molecule has 2 atom stereocenters. The van der Waals surface area contributed by atoms with E-state index < -0.39 is 0 Å². The van der Waals surface area contributed by atoms with Gasteiger partial charge in [0.15, 0.2) is 0 Å². The Bertz CT molecular complexity index is 546. The zero-order valence-corrected chi connectivity index (χ0v) is 13.7. The van der Waals surface area contributed by atoms with Crippen LogP contribution in [0.3, 0.4) is 0 Å². The van der Waals surface area contributed by atoms with Gasteiger partial charge >= 0.3 is 0 Å². The number of hydrogen-bond donors (Lipinski definition) is 1. The Balaban J connectivity index is 2.06. The Morgan fingerprint density at radius 3 is 2.48 bits per heavy atom. The van der Waals surface area contributed by atoms with Crippen LogP contribution < -0.4 is 5.32 Å². The topological polar surface area (TPSA) is 12.0 Å². The lowest BCUT2D eigenvalue weighted by Gasteiger charge is -2.22. The predicted molar refractivity (Wildman–Crippen MR) is 93.8 cm³/mol. The summed E-state index contributed by atoms with van der Waals surface area (Å²) in [6.07, 6.45) is 5.02. The van der Waals surface area contributed by atoms with Crippen molar-refractivity contribution < 1.29 is 0 Å². The van der Waals surface area contributed by atoms with Crippen molar-refractivity contribution in [1.82, 2.24) is 5.32 Å². The highest BCUT2D eigenvalue weighted by molar-refractivity contribution is 5.82. The number of likely N-dealkylation sites (N-methyl/N-ethyl adjacent to an activating group) is 1. The smallest absolute Gasteiger partial charge is 0.0110 e. The molecule has 2 aromatic carbocycles. The van der Waals surface area contributed by atoms with Gasteiger partial charge in [-0.1, -0.05) is 76.1 Å². The molecule has 0 saturated heterocycles. The van der Waals surface area contributed by atoms with Crippen LogP contribution in [0, 0.1) is 5.92 Å². The molecule has 2 rings (SSSR count). The number of hydrogen-bond acceptors (Lipinski definition) is 1. The quantitative estimate of drug-likeness (QED) is 0.703. The summed E-state index contributed by atoms with van der Waals surface area (Å²) in [6.45, 7) is 7.92. The summed E-state index contributed by atoms with van der Waals surface area (Å²) in [4.78, 5) is 0. The van der Waals surface area contributed by atoms with E-state index in [2.05, 4.69) is 68.6 Å². The van der Waals surface area contributed by atoms with E-state index in [1.165, 1.54) is 35.6 Å². The summed E-state index contributed by atoms with van der Waals surface area (Å²) < 4.78 is 0. The zero-order chi connectivity index (χ0) is 15.1. The van der Waals surface area contributed by atoms with Gasteiger partial charge in [-0.3, -0.25) is 0 Å². The van der Waals surface area contributed by atoms with Gasteiger partial charge in [0.05, 0.1) is 0 Å². The molecule has 1 heteroatoms. The fourth-order valence-electron chi connectivity index (χ4n) is 3.27. The molecule has 0 amide bonds. The van der Waals surface area contributed by atoms with E-state index in [4.69, 9.17) is 0 Å². The van der Waals surface area contributed by atoms with Crippen LogP contribution in [0.5, 0.6) is 0 Å². The van der Waals surface area contributed by atoms with Crippen molar-refractivity contribution in [2.75, 3.05) is 6.54 Å². The number of rotatable bonds is 8. The van der Waals surface area contributed by atoms with Gasteiger partial charge in [0.1, 0.15) is 0 Å². The molecule has 0 aliphatic carbocycles. The monoisotopic (exact) mass is 283 g/mol. The van der Waals surface area contributed by atoms with Crippen molar-refractivity contribution in [1.29, 1.82) is 0 Å². The molecule has 21 heavy (non-hydrogen) atoms. The maximum absolute atomic E-state index is 3.67. The minimum absolute atomic E-state index is 0.595. The lowest BCUT2D eigenvalue weighted by Crippen LogP contribution is -2.32. The molecular weight excluding hydrogens is 254 g/mol. The van der Waals surface area contributed by atoms with Crippen LogP contribution in [0.2, 0.25) is 0 Å². The van der Waals surface area contributed by atoms with E-state index in [0.717, 1.165) is 18.9 Å². The Morgan fingerprint density at radius 2 is 1.76 bits per heavy atom. The van der Waals surface area contributed by atoms with Crippen molar-refractivity contribution in [3.05, 3.63) is 48.0 Å². The molecule has 0 radical (unpaired) electrons. The largest absolute Gasteiger partial charge is 0.314 e. The highest BCUT2D eigenvalue weighted by atomic mass is 14.9. The van der Waals surface area contributed by atoms with E-state index in [1.54, 1.807) is 0 Å². The summed E-state index contributed by atoms with van der Waals surface area (Å²) >= 11 is 0. The Hall–Kier alpha value is -1.34. The fraction of sp³-hybridized carbons (Fsp3) is 0.500. The minimum Gasteiger partial charge on any atom is -0.314 e. The maximum Gasteiger partial charge on any atom is 0.0110 e. The first-order valence-electron chi connectivity index (χ1n) is 8.44. The molecule has 0 saturated carbocycles. The molecule has 2 unspecified atom stereocenters. The second-order valence-corrected chi connectivity index (χ2v) is 6.27. The normalized spacial score (nSPS) is 14.2. The van der Waals surface area contributed by atoms with Crippen molar-refractivity contribution in [2.45, 2.75) is 52.5 Å². The van der Waals surface area contributed by atoms with Gasteiger partial charge in [-0.15, -0.1) is 0 Å². The van der Waals surface area contributed by atoms with E-state index in [0.29, 0.717) is 6.04 Å². The molecule has 0 spiro atoms. The number of fused-ring (bicyclic) bond motifs is 1. The van der Waals surface area contributed by atoms with Gasteiger partial charge in [-0.25, -0.2) is 0 Å². The summed E-state index contributed by atoms with van der Waals surface area (Å²) in [6, 6.07) is 16.1. The fourth-order valence-corrected chi connectivity index (χ4v) is 3.27. The molecule has 1 N–H and O–H groups in total. The van der Waals surface area contributed by atoms with Crippen molar-refractivity contribution >= 4 is 10.8 Å². The molecule has 114 valence electrons. The van der Waals surface area contributed by atoms with Crippen molar-refractivity contribution in [3.63, 3.8) is 0 Å². The summed E-state index contributed by atoms with van der Waals surface area (Å²) in [5.74, 6) is 0.805. The van der Waals surface area contributed by atoms with Gasteiger partial charge < -0.3 is 5.32 Å². The van der Waals surface area contributed by atoms with Crippen LogP contribution in [0.25, 0.3) is 10.8 Å². The van der Waals surface area contributed by atoms with E-state index >= 15 is 0 Å². The van der Waals surface area contributed by atoms with Gasteiger partial charge in [-0.05, 0) is 41.6 Å². The first-order valence-corrected chi connectivity index (χ1v) is 8.44. The van der Waals surface area contributed by atoms with E-state index in [-0.39, 0.29) is 0 Å². The summed E-state index contributed by atoms with van der Waals surface area (Å²) in [5.41, 5.74) is 1.45. The number of nitrogens with one attached hydrogen (secondary N) is 1. The van der Waals surface area contributed by atoms with Gasteiger partial charge in [-0.2, -0.15) is 0 Å². The van der Waals surface area contributed by atoms with Crippen LogP contribution >= 0.6 is 0 Å². The molecule has 1 nitrogen and oxygen atoms in total. The first-order chi connectivity index (χ1) is 10.2. The van der Waals surface area contributed by atoms with Crippen molar-refractivity contribution in [3.8, 4) is 0 Å². The van der Waals surface area contributed by atoms with Crippen LogP contribution in [0.15, 0.2) is 42.5 Å². The Kier molecular flexibility index (Phi) is 6.25. The molecule has 0 bridgehead atoms. The Labute approximate surface area is 129 Å². The third-order valence-electron chi connectivity index (χ3n) is 4.26.